The highest BCUT2D eigenvalue weighted by molar-refractivity contribution is 9.10. The molecular formula is C7H8S3. The van der Waals surface area contributed by atoms with Gasteiger partial charge in [0.15, 0.2) is 0 Å². The van der Waals surface area contributed by atoms with Crippen molar-refractivity contribution in [1.29, 1.82) is 0 Å². The third-order valence-electron chi connectivity index (χ3n) is 0.855. The first kappa shape index (κ1) is 8.37. The monoisotopic (exact) mass is 188 g/mol. The maximum absolute atomic E-state index is 2.16. The predicted molar refractivity (Wildman–Crippen MR) is 55.1 cm³/mol. The van der Waals surface area contributed by atoms with Crippen molar-refractivity contribution in [3.63, 3.8) is 0 Å². The van der Waals surface area contributed by atoms with E-state index in [-0.39, 0.29) is 0 Å². The lowest BCUT2D eigenvalue weighted by Crippen LogP contribution is -1.62. The number of hydrogen-bond donors (Lipinski definition) is 0. The lowest BCUT2D eigenvalue weighted by molar-refractivity contribution is 1.76. The van der Waals surface area contributed by atoms with Crippen LogP contribution < -0.4 is 0 Å². The van der Waals surface area contributed by atoms with Crippen LogP contribution in [0.2, 0.25) is 0 Å². The van der Waals surface area contributed by atoms with Crippen LogP contribution in [0.5, 0.6) is 0 Å². The first-order chi connectivity index (χ1) is 5.00. The quantitative estimate of drug-likeness (QED) is 0.533. The zero-order valence-electron chi connectivity index (χ0n) is 5.40. The summed E-state index contributed by atoms with van der Waals surface area (Å²) in [6.45, 7) is 0. The van der Waals surface area contributed by atoms with E-state index >= 15 is 0 Å². The summed E-state index contributed by atoms with van der Waals surface area (Å²) in [5, 5.41) is 2.09. The van der Waals surface area contributed by atoms with Crippen LogP contribution >= 0.6 is 31.4 Å². The molecular weight excluding hydrogens is 180 g/mol. The molecule has 0 spiro atoms. The van der Waals surface area contributed by atoms with Gasteiger partial charge >= 0.3 is 0 Å². The minimum absolute atomic E-state index is 1.09. The molecule has 0 aromatic carbocycles. The van der Waals surface area contributed by atoms with Crippen LogP contribution in [0, 0.1) is 0 Å². The molecule has 0 nitrogen and oxygen atoms in total. The lowest BCUT2D eigenvalue weighted by Gasteiger charge is -1.91. The van der Waals surface area contributed by atoms with Gasteiger partial charge in [-0.05, 0) is 15.2 Å². The molecule has 10 heavy (non-hydrogen) atoms. The highest BCUT2D eigenvalue weighted by Crippen LogP contribution is 2.35. The Labute approximate surface area is 73.0 Å². The van der Waals surface area contributed by atoms with Gasteiger partial charge in [0, 0.05) is 5.75 Å². The Hall–Kier alpha value is 0.270. The van der Waals surface area contributed by atoms with Gasteiger partial charge in [-0.2, -0.15) is 0 Å². The Morgan fingerprint density at radius 2 is 1.90 bits per heavy atom. The van der Waals surface area contributed by atoms with E-state index in [1.165, 1.54) is 0 Å². The van der Waals surface area contributed by atoms with Gasteiger partial charge in [-0.25, -0.2) is 0 Å². The summed E-state index contributed by atoms with van der Waals surface area (Å²) in [5.41, 5.74) is 0. The van der Waals surface area contributed by atoms with Crippen molar-refractivity contribution in [1.82, 2.24) is 0 Å². The van der Waals surface area contributed by atoms with Crippen LogP contribution in [-0.2, 0) is 0 Å². The topological polar surface area (TPSA) is 0 Å². The average molecular weight is 188 g/mol. The first-order valence-corrected chi connectivity index (χ1v) is 6.65. The average Bonchev–Trinajstić information content (AvgIpc) is 2.01. The summed E-state index contributed by atoms with van der Waals surface area (Å²) in [6, 6.07) is 0. The molecule has 1 heterocycles. The molecule has 0 aromatic rings. The van der Waals surface area contributed by atoms with Crippen molar-refractivity contribution in [3.8, 4) is 0 Å². The Morgan fingerprint density at radius 1 is 1.00 bits per heavy atom. The summed E-state index contributed by atoms with van der Waals surface area (Å²) in [7, 11) is 5.44. The van der Waals surface area contributed by atoms with E-state index in [2.05, 4.69) is 17.6 Å². The van der Waals surface area contributed by atoms with E-state index in [1.807, 2.05) is 38.8 Å². The van der Waals surface area contributed by atoms with Crippen molar-refractivity contribution in [2.24, 2.45) is 0 Å². The second-order valence-corrected chi connectivity index (χ2v) is 5.68. The summed E-state index contributed by atoms with van der Waals surface area (Å²) >= 11 is 0. The lowest BCUT2D eigenvalue weighted by atomic mass is 10.4. The highest BCUT2D eigenvalue weighted by Gasteiger charge is 1.84. The molecule has 0 bridgehead atoms. The first-order valence-electron chi connectivity index (χ1n) is 2.93. The molecule has 0 saturated carbocycles. The maximum Gasteiger partial charge on any atom is 0.0229 e. The molecule has 0 N–H and O–H groups in total. The second kappa shape index (κ2) is 6.01. The zero-order chi connectivity index (χ0) is 7.07. The van der Waals surface area contributed by atoms with Gasteiger partial charge in [0.2, 0.25) is 0 Å². The van der Waals surface area contributed by atoms with Crippen LogP contribution in [-0.4, -0.2) is 5.75 Å². The van der Waals surface area contributed by atoms with Crippen LogP contribution in [0.4, 0.5) is 0 Å². The summed E-state index contributed by atoms with van der Waals surface area (Å²) < 4.78 is 0. The van der Waals surface area contributed by atoms with E-state index in [0.717, 1.165) is 5.75 Å². The fourth-order valence-corrected chi connectivity index (χ4v) is 3.26. The molecule has 1 aliphatic rings. The molecule has 1 rings (SSSR count). The number of rotatable bonds is 0. The Morgan fingerprint density at radius 3 is 2.90 bits per heavy atom. The molecule has 3 heteroatoms. The fourth-order valence-electron chi connectivity index (χ4n) is 0.457. The SMILES string of the molecule is C1=C/C=C/CSSSC=C1. The predicted octanol–water partition coefficient (Wildman–Crippen LogP) is 3.66. The van der Waals surface area contributed by atoms with Gasteiger partial charge in [0.05, 0.1) is 0 Å². The summed E-state index contributed by atoms with van der Waals surface area (Å²) in [6.07, 6.45) is 10.4. The van der Waals surface area contributed by atoms with Gasteiger partial charge in [-0.15, -0.1) is 0 Å². The van der Waals surface area contributed by atoms with Gasteiger partial charge < -0.3 is 0 Å². The maximum atomic E-state index is 2.16. The van der Waals surface area contributed by atoms with Crippen molar-refractivity contribution < 1.29 is 0 Å². The van der Waals surface area contributed by atoms with Crippen LogP contribution in [0.3, 0.4) is 0 Å². The third kappa shape index (κ3) is 4.14. The minimum Gasteiger partial charge on any atom is -0.0781 e. The largest absolute Gasteiger partial charge is 0.0781 e. The molecule has 0 atom stereocenters. The van der Waals surface area contributed by atoms with E-state index < -0.39 is 0 Å². The molecule has 54 valence electrons. The molecule has 0 aliphatic carbocycles. The smallest absolute Gasteiger partial charge is 0.0229 e. The van der Waals surface area contributed by atoms with Gasteiger partial charge in [-0.3, -0.25) is 0 Å². The highest BCUT2D eigenvalue weighted by atomic mass is 33.5. The third-order valence-corrected chi connectivity index (χ3v) is 4.47. The van der Waals surface area contributed by atoms with Gasteiger partial charge in [0.1, 0.15) is 0 Å². The van der Waals surface area contributed by atoms with E-state index in [9.17, 15) is 0 Å². The fraction of sp³-hybridized carbons (Fsp3) is 0.143. The molecule has 0 amide bonds. The number of hydrogen-bond acceptors (Lipinski definition) is 3. The van der Waals surface area contributed by atoms with E-state index in [0.29, 0.717) is 0 Å². The summed E-state index contributed by atoms with van der Waals surface area (Å²) in [5.74, 6) is 1.09. The van der Waals surface area contributed by atoms with Crippen LogP contribution in [0.25, 0.3) is 0 Å². The molecule has 0 fully saturated rings. The Balaban J connectivity index is 2.40. The minimum atomic E-state index is 1.09. The van der Waals surface area contributed by atoms with E-state index in [4.69, 9.17) is 0 Å². The Bertz CT molecular complexity index is 140. The zero-order valence-corrected chi connectivity index (χ0v) is 7.85. The summed E-state index contributed by atoms with van der Waals surface area (Å²) in [4.78, 5) is 0. The molecule has 0 aromatic heterocycles. The van der Waals surface area contributed by atoms with Crippen LogP contribution in [0.1, 0.15) is 0 Å². The normalized spacial score (nSPS) is 22.4. The van der Waals surface area contributed by atoms with Crippen molar-refractivity contribution >= 4 is 31.4 Å². The van der Waals surface area contributed by atoms with Crippen molar-refractivity contribution in [2.45, 2.75) is 0 Å². The molecule has 0 saturated heterocycles. The standard InChI is InChI=1S/C7H8S3/c1-2-4-6-8-10-9-7-5-3-1/h1-6H,7H2/b2-1?,5-3+,6-4?. The molecule has 0 unspecified atom stereocenters. The van der Waals surface area contributed by atoms with Gasteiger partial charge in [-0.1, -0.05) is 52.0 Å². The number of allylic oxidation sites excluding steroid dienone is 4. The van der Waals surface area contributed by atoms with Crippen molar-refractivity contribution in [2.75, 3.05) is 5.75 Å². The second-order valence-electron chi connectivity index (χ2n) is 1.59. The van der Waals surface area contributed by atoms with Crippen molar-refractivity contribution in [3.05, 3.63) is 35.8 Å². The van der Waals surface area contributed by atoms with E-state index in [1.54, 1.807) is 10.8 Å². The van der Waals surface area contributed by atoms with Gasteiger partial charge in [0.25, 0.3) is 0 Å². The molecule has 1 aliphatic heterocycles. The Kier molecular flexibility index (Phi) is 5.03. The molecule has 0 radical (unpaired) electrons. The van der Waals surface area contributed by atoms with Crippen LogP contribution in [0.15, 0.2) is 35.8 Å².